The van der Waals surface area contributed by atoms with E-state index in [9.17, 15) is 4.39 Å². The third-order valence-electron chi connectivity index (χ3n) is 2.93. The van der Waals surface area contributed by atoms with E-state index in [1.807, 2.05) is 6.92 Å². The van der Waals surface area contributed by atoms with E-state index in [4.69, 9.17) is 26.3 Å². The fourth-order valence-corrected chi connectivity index (χ4v) is 2.72. The molecule has 0 saturated heterocycles. The Balaban J connectivity index is 2.27. The summed E-state index contributed by atoms with van der Waals surface area (Å²) in [5, 5.41) is 11.9. The normalized spacial score (nSPS) is 11.0. The second kappa shape index (κ2) is 8.17. The van der Waals surface area contributed by atoms with Crippen LogP contribution in [0.5, 0.6) is 11.5 Å². The van der Waals surface area contributed by atoms with Gasteiger partial charge in [-0.1, -0.05) is 22.8 Å². The molecule has 0 aromatic heterocycles. The molecular weight excluding hydrogens is 389 g/mol. The van der Waals surface area contributed by atoms with Crippen molar-refractivity contribution in [2.45, 2.75) is 13.5 Å². The Morgan fingerprint density at radius 1 is 1.30 bits per heavy atom. The molecule has 1 N–H and O–H groups in total. The Morgan fingerprint density at radius 3 is 2.74 bits per heavy atom. The zero-order chi connectivity index (χ0) is 16.8. The van der Waals surface area contributed by atoms with E-state index in [-0.39, 0.29) is 6.61 Å². The van der Waals surface area contributed by atoms with Crippen LogP contribution < -0.4 is 9.47 Å². The predicted octanol–water partition coefficient (Wildman–Crippen LogP) is 5.03. The van der Waals surface area contributed by atoms with Gasteiger partial charge in [-0.05, 0) is 47.1 Å². The fraction of sp³-hybridized carbons (Fsp3) is 0.188. The molecule has 4 nitrogen and oxygen atoms in total. The lowest BCUT2D eigenvalue weighted by atomic mass is 10.2. The van der Waals surface area contributed by atoms with Crippen LogP contribution in [-0.4, -0.2) is 18.0 Å². The SMILES string of the molecule is CCOc1cc(/C=N\O)cc(Br)c1OCc1ccc(F)cc1Cl. The summed E-state index contributed by atoms with van der Waals surface area (Å²) in [5.74, 6) is 0.583. The van der Waals surface area contributed by atoms with Crippen molar-refractivity contribution in [3.8, 4) is 11.5 Å². The minimum absolute atomic E-state index is 0.158. The Kier molecular flexibility index (Phi) is 6.24. The summed E-state index contributed by atoms with van der Waals surface area (Å²) >= 11 is 9.40. The quantitative estimate of drug-likeness (QED) is 0.419. The molecule has 0 spiro atoms. The first kappa shape index (κ1) is 17.6. The lowest BCUT2D eigenvalue weighted by Crippen LogP contribution is -2.02. The van der Waals surface area contributed by atoms with Gasteiger partial charge in [-0.25, -0.2) is 4.39 Å². The highest BCUT2D eigenvalue weighted by Gasteiger charge is 2.13. The molecule has 0 aliphatic rings. The molecule has 0 radical (unpaired) electrons. The molecule has 122 valence electrons. The number of nitrogens with zero attached hydrogens (tertiary/aromatic N) is 1. The molecule has 2 aromatic carbocycles. The van der Waals surface area contributed by atoms with E-state index in [1.54, 1.807) is 18.2 Å². The van der Waals surface area contributed by atoms with Crippen LogP contribution in [0.3, 0.4) is 0 Å². The van der Waals surface area contributed by atoms with Gasteiger partial charge in [-0.15, -0.1) is 0 Å². The predicted molar refractivity (Wildman–Crippen MR) is 90.4 cm³/mol. The number of benzene rings is 2. The lowest BCUT2D eigenvalue weighted by Gasteiger charge is -2.15. The van der Waals surface area contributed by atoms with Crippen molar-refractivity contribution in [1.82, 2.24) is 0 Å². The van der Waals surface area contributed by atoms with Crippen molar-refractivity contribution in [3.63, 3.8) is 0 Å². The largest absolute Gasteiger partial charge is 0.490 e. The zero-order valence-electron chi connectivity index (χ0n) is 12.2. The van der Waals surface area contributed by atoms with Gasteiger partial charge in [0.15, 0.2) is 11.5 Å². The summed E-state index contributed by atoms with van der Waals surface area (Å²) in [6.45, 7) is 2.45. The number of hydrogen-bond donors (Lipinski definition) is 1. The minimum Gasteiger partial charge on any atom is -0.490 e. The summed E-state index contributed by atoms with van der Waals surface area (Å²) in [6, 6.07) is 7.54. The van der Waals surface area contributed by atoms with Gasteiger partial charge in [0.25, 0.3) is 0 Å². The van der Waals surface area contributed by atoms with Gasteiger partial charge in [-0.3, -0.25) is 0 Å². The van der Waals surface area contributed by atoms with Gasteiger partial charge >= 0.3 is 0 Å². The maximum atomic E-state index is 13.1. The second-order valence-corrected chi connectivity index (χ2v) is 5.79. The summed E-state index contributed by atoms with van der Waals surface area (Å²) in [4.78, 5) is 0. The molecule has 0 amide bonds. The van der Waals surface area contributed by atoms with Crippen molar-refractivity contribution in [2.24, 2.45) is 5.16 Å². The highest BCUT2D eigenvalue weighted by Crippen LogP contribution is 2.37. The molecule has 0 unspecified atom stereocenters. The molecule has 2 rings (SSSR count). The average molecular weight is 403 g/mol. The van der Waals surface area contributed by atoms with E-state index >= 15 is 0 Å². The van der Waals surface area contributed by atoms with Crippen LogP contribution >= 0.6 is 27.5 Å². The maximum Gasteiger partial charge on any atom is 0.175 e. The van der Waals surface area contributed by atoms with Crippen molar-refractivity contribution in [1.29, 1.82) is 0 Å². The van der Waals surface area contributed by atoms with Crippen LogP contribution in [0.15, 0.2) is 40.0 Å². The highest BCUT2D eigenvalue weighted by molar-refractivity contribution is 9.10. The number of oxime groups is 1. The fourth-order valence-electron chi connectivity index (χ4n) is 1.92. The zero-order valence-corrected chi connectivity index (χ0v) is 14.6. The van der Waals surface area contributed by atoms with Gasteiger partial charge in [0.1, 0.15) is 12.4 Å². The molecule has 2 aromatic rings. The lowest BCUT2D eigenvalue weighted by molar-refractivity contribution is 0.267. The van der Waals surface area contributed by atoms with Gasteiger partial charge < -0.3 is 14.7 Å². The highest BCUT2D eigenvalue weighted by atomic mass is 79.9. The van der Waals surface area contributed by atoms with Gasteiger partial charge in [0.05, 0.1) is 22.3 Å². The van der Waals surface area contributed by atoms with Crippen molar-refractivity contribution in [2.75, 3.05) is 6.61 Å². The van der Waals surface area contributed by atoms with Crippen LogP contribution in [0.25, 0.3) is 0 Å². The average Bonchev–Trinajstić information content (AvgIpc) is 2.49. The summed E-state index contributed by atoms with van der Waals surface area (Å²) in [6.07, 6.45) is 1.29. The molecule has 0 saturated carbocycles. The molecular formula is C16H14BrClFNO3. The molecule has 0 aliphatic carbocycles. The van der Waals surface area contributed by atoms with Gasteiger partial charge in [-0.2, -0.15) is 0 Å². The third-order valence-corrected chi connectivity index (χ3v) is 3.87. The first-order valence-electron chi connectivity index (χ1n) is 6.75. The van der Waals surface area contributed by atoms with E-state index < -0.39 is 5.82 Å². The van der Waals surface area contributed by atoms with Crippen LogP contribution in [0.4, 0.5) is 4.39 Å². The molecule has 0 aliphatic heterocycles. The van der Waals surface area contributed by atoms with Crippen LogP contribution in [0, 0.1) is 5.82 Å². The number of halogens is 3. The molecule has 0 heterocycles. The third kappa shape index (κ3) is 4.59. The maximum absolute atomic E-state index is 13.1. The topological polar surface area (TPSA) is 51.0 Å². The van der Waals surface area contributed by atoms with E-state index in [0.717, 1.165) is 0 Å². The van der Waals surface area contributed by atoms with Crippen molar-refractivity contribution < 1.29 is 19.1 Å². The van der Waals surface area contributed by atoms with Crippen LogP contribution in [0.1, 0.15) is 18.1 Å². The Bertz CT molecular complexity index is 725. The Labute approximate surface area is 146 Å². The minimum atomic E-state index is -0.400. The van der Waals surface area contributed by atoms with Gasteiger partial charge in [0, 0.05) is 11.1 Å². The molecule has 7 heteroatoms. The van der Waals surface area contributed by atoms with E-state index in [1.165, 1.54) is 18.3 Å². The molecule has 0 fully saturated rings. The monoisotopic (exact) mass is 401 g/mol. The summed E-state index contributed by atoms with van der Waals surface area (Å²) < 4.78 is 25.0. The number of hydrogen-bond acceptors (Lipinski definition) is 4. The first-order chi connectivity index (χ1) is 11.0. The first-order valence-corrected chi connectivity index (χ1v) is 7.92. The smallest absolute Gasteiger partial charge is 0.175 e. The Morgan fingerprint density at radius 2 is 2.09 bits per heavy atom. The standard InChI is InChI=1S/C16H14BrClFNO3/c1-2-22-15-6-10(8-20-21)5-13(17)16(15)23-9-11-3-4-12(19)7-14(11)18/h3-8,21H,2,9H2,1H3/b20-8-. The van der Waals surface area contributed by atoms with E-state index in [0.29, 0.717) is 38.7 Å². The molecule has 23 heavy (non-hydrogen) atoms. The van der Waals surface area contributed by atoms with Crippen molar-refractivity contribution in [3.05, 3.63) is 56.8 Å². The van der Waals surface area contributed by atoms with Crippen LogP contribution in [-0.2, 0) is 6.61 Å². The Hall–Kier alpha value is -1.79. The summed E-state index contributed by atoms with van der Waals surface area (Å²) in [5.41, 5.74) is 1.30. The molecule has 0 atom stereocenters. The van der Waals surface area contributed by atoms with Crippen LogP contribution in [0.2, 0.25) is 5.02 Å². The van der Waals surface area contributed by atoms with Crippen molar-refractivity contribution >= 4 is 33.7 Å². The number of ether oxygens (including phenoxy) is 2. The molecule has 0 bridgehead atoms. The number of rotatable bonds is 6. The second-order valence-electron chi connectivity index (χ2n) is 4.53. The summed E-state index contributed by atoms with van der Waals surface area (Å²) in [7, 11) is 0. The van der Waals surface area contributed by atoms with E-state index in [2.05, 4.69) is 21.1 Å². The van der Waals surface area contributed by atoms with Gasteiger partial charge in [0.2, 0.25) is 0 Å².